The van der Waals surface area contributed by atoms with Crippen LogP contribution in [0.25, 0.3) is 5.69 Å². The number of hydrogen-bond donors (Lipinski definition) is 0. The van der Waals surface area contributed by atoms with Gasteiger partial charge < -0.3 is 9.80 Å². The number of hydrogen-bond acceptors (Lipinski definition) is 4. The summed E-state index contributed by atoms with van der Waals surface area (Å²) in [7, 11) is 0. The van der Waals surface area contributed by atoms with Gasteiger partial charge >= 0.3 is 0 Å². The highest BCUT2D eigenvalue weighted by Gasteiger charge is 2.63. The Kier molecular flexibility index (Phi) is 4.94. The summed E-state index contributed by atoms with van der Waals surface area (Å²) in [4.78, 5) is 31.0. The highest BCUT2D eigenvalue weighted by molar-refractivity contribution is 6.33. The van der Waals surface area contributed by atoms with Crippen molar-refractivity contribution in [2.24, 2.45) is 22.2 Å². The van der Waals surface area contributed by atoms with Gasteiger partial charge in [0.2, 0.25) is 5.91 Å². The van der Waals surface area contributed by atoms with Crippen LogP contribution in [0, 0.1) is 22.2 Å². The molecule has 6 nitrogen and oxygen atoms in total. The molecule has 4 bridgehead atoms. The first-order valence-corrected chi connectivity index (χ1v) is 12.9. The van der Waals surface area contributed by atoms with Crippen molar-refractivity contribution in [3.05, 3.63) is 51.9 Å². The van der Waals surface area contributed by atoms with E-state index in [4.69, 9.17) is 11.6 Å². The Morgan fingerprint density at radius 3 is 2.24 bits per heavy atom. The Hall–Kier alpha value is -2.34. The fourth-order valence-corrected chi connectivity index (χ4v) is 8.82. The minimum atomic E-state index is -0.320. The number of carbonyl (C=O) groups is 1. The van der Waals surface area contributed by atoms with Gasteiger partial charge in [0.1, 0.15) is 5.02 Å². The van der Waals surface area contributed by atoms with Crippen LogP contribution in [0.5, 0.6) is 0 Å². The number of halogens is 1. The van der Waals surface area contributed by atoms with Gasteiger partial charge in [-0.1, -0.05) is 43.6 Å². The van der Waals surface area contributed by atoms with E-state index in [1.807, 2.05) is 30.3 Å². The number of carbonyl (C=O) groups excluding carboxylic acids is 1. The molecule has 1 aromatic carbocycles. The Morgan fingerprint density at radius 2 is 1.62 bits per heavy atom. The van der Waals surface area contributed by atoms with E-state index < -0.39 is 0 Å². The smallest absolute Gasteiger partial charge is 0.292 e. The second kappa shape index (κ2) is 7.58. The molecule has 1 amide bonds. The van der Waals surface area contributed by atoms with Crippen molar-refractivity contribution >= 4 is 23.2 Å². The molecular formula is C27H33ClN4O2. The van der Waals surface area contributed by atoms with E-state index in [2.05, 4.69) is 28.7 Å². The Morgan fingerprint density at radius 1 is 0.971 bits per heavy atom. The largest absolute Gasteiger partial charge is 0.365 e. The SMILES string of the molecule is CC12CC3CC(C)(C1)CC(C(=O)N1CCN(c4cnn(-c5ccccc5)c(=O)c4Cl)CC1)(C3)C2. The van der Waals surface area contributed by atoms with E-state index >= 15 is 0 Å². The Balaban J connectivity index is 1.18. The normalized spacial score (nSPS) is 34.5. The van der Waals surface area contributed by atoms with Crippen molar-refractivity contribution < 1.29 is 4.79 Å². The predicted molar refractivity (Wildman–Crippen MR) is 133 cm³/mol. The van der Waals surface area contributed by atoms with Gasteiger partial charge in [0.15, 0.2) is 0 Å². The molecule has 0 N–H and O–H groups in total. The summed E-state index contributed by atoms with van der Waals surface area (Å²) < 4.78 is 1.33. The molecule has 0 radical (unpaired) electrons. The first-order valence-electron chi connectivity index (χ1n) is 12.6. The second-order valence-electron chi connectivity index (χ2n) is 12.1. The molecule has 4 saturated carbocycles. The molecule has 2 unspecified atom stereocenters. The summed E-state index contributed by atoms with van der Waals surface area (Å²) in [6.07, 6.45) is 8.73. The number of piperazine rings is 1. The van der Waals surface area contributed by atoms with Crippen LogP contribution in [0.4, 0.5) is 5.69 Å². The first-order chi connectivity index (χ1) is 16.2. The van der Waals surface area contributed by atoms with Gasteiger partial charge in [0.05, 0.1) is 23.0 Å². The van der Waals surface area contributed by atoms with E-state index in [9.17, 15) is 9.59 Å². The van der Waals surface area contributed by atoms with Crippen molar-refractivity contribution in [3.63, 3.8) is 0 Å². The van der Waals surface area contributed by atoms with Crippen LogP contribution in [0.1, 0.15) is 52.4 Å². The molecule has 1 aliphatic heterocycles. The predicted octanol–water partition coefficient (Wildman–Crippen LogP) is 4.53. The lowest BCUT2D eigenvalue weighted by Gasteiger charge is -2.65. The zero-order chi connectivity index (χ0) is 23.7. The summed E-state index contributed by atoms with van der Waals surface area (Å²) in [6.45, 7) is 7.49. The molecule has 4 aliphatic carbocycles. The molecule has 5 fully saturated rings. The lowest BCUT2D eigenvalue weighted by molar-refractivity contribution is -0.179. The third-order valence-corrected chi connectivity index (χ3v) is 9.24. The number of para-hydroxylation sites is 1. The van der Waals surface area contributed by atoms with Crippen molar-refractivity contribution in [1.29, 1.82) is 0 Å². The van der Waals surface area contributed by atoms with Crippen LogP contribution in [0.2, 0.25) is 5.02 Å². The van der Waals surface area contributed by atoms with Gasteiger partial charge in [0, 0.05) is 26.2 Å². The van der Waals surface area contributed by atoms with E-state index in [1.54, 1.807) is 6.20 Å². The summed E-state index contributed by atoms with van der Waals surface area (Å²) in [6, 6.07) is 9.30. The molecule has 2 atom stereocenters. The molecular weight excluding hydrogens is 448 g/mol. The average Bonchev–Trinajstić information content (AvgIpc) is 2.79. The third-order valence-electron chi connectivity index (χ3n) is 8.89. The van der Waals surface area contributed by atoms with E-state index in [0.29, 0.717) is 60.2 Å². The maximum absolute atomic E-state index is 13.9. The van der Waals surface area contributed by atoms with E-state index in [-0.39, 0.29) is 16.0 Å². The molecule has 1 saturated heterocycles. The van der Waals surface area contributed by atoms with Crippen molar-refractivity contribution in [1.82, 2.24) is 14.7 Å². The average molecular weight is 481 g/mol. The zero-order valence-corrected chi connectivity index (χ0v) is 20.9. The fraction of sp³-hybridized carbons (Fsp3) is 0.593. The lowest BCUT2D eigenvalue weighted by Crippen LogP contribution is -2.62. The molecule has 5 aliphatic rings. The van der Waals surface area contributed by atoms with Gasteiger partial charge in [-0.05, 0) is 67.4 Å². The van der Waals surface area contributed by atoms with Crippen molar-refractivity contribution in [3.8, 4) is 5.69 Å². The summed E-state index contributed by atoms with van der Waals surface area (Å²) in [5.41, 5.74) is 1.51. The standard InChI is InChI=1S/C27H33ClN4O2/c1-25-12-19-13-26(2,16-25)18-27(14-19,17-25)24(34)31-10-8-30(9-11-31)21-15-29-32(23(33)22(21)28)20-6-4-3-5-7-20/h3-7,15,19H,8-14,16-18H2,1-2H3. The van der Waals surface area contributed by atoms with Gasteiger partial charge in [-0.15, -0.1) is 0 Å². The molecule has 2 aromatic rings. The summed E-state index contributed by atoms with van der Waals surface area (Å²) in [5, 5.41) is 4.56. The molecule has 34 heavy (non-hydrogen) atoms. The van der Waals surface area contributed by atoms with Gasteiger partial charge in [-0.2, -0.15) is 9.78 Å². The van der Waals surface area contributed by atoms with Crippen LogP contribution in [0.3, 0.4) is 0 Å². The van der Waals surface area contributed by atoms with Gasteiger partial charge in [-0.3, -0.25) is 9.59 Å². The number of aromatic nitrogens is 2. The van der Waals surface area contributed by atoms with Crippen LogP contribution < -0.4 is 10.5 Å². The van der Waals surface area contributed by atoms with E-state index in [1.165, 1.54) is 23.9 Å². The van der Waals surface area contributed by atoms with Crippen molar-refractivity contribution in [2.75, 3.05) is 31.1 Å². The van der Waals surface area contributed by atoms with Crippen LogP contribution in [0.15, 0.2) is 41.3 Å². The number of rotatable bonds is 3. The number of benzene rings is 1. The second-order valence-corrected chi connectivity index (χ2v) is 12.5. The molecule has 7 rings (SSSR count). The van der Waals surface area contributed by atoms with Gasteiger partial charge in [0.25, 0.3) is 5.56 Å². The summed E-state index contributed by atoms with van der Waals surface area (Å²) >= 11 is 6.53. The monoisotopic (exact) mass is 480 g/mol. The molecule has 2 heterocycles. The summed E-state index contributed by atoms with van der Waals surface area (Å²) in [5.74, 6) is 1.08. The molecule has 1 aromatic heterocycles. The minimum Gasteiger partial charge on any atom is -0.365 e. The minimum absolute atomic E-state index is 0.166. The molecule has 7 heteroatoms. The number of nitrogens with zero attached hydrogens (tertiary/aromatic N) is 4. The quantitative estimate of drug-likeness (QED) is 0.647. The fourth-order valence-electron chi connectivity index (χ4n) is 8.57. The topological polar surface area (TPSA) is 58.4 Å². The number of amides is 1. The molecule has 0 spiro atoms. The van der Waals surface area contributed by atoms with Crippen LogP contribution >= 0.6 is 11.6 Å². The van der Waals surface area contributed by atoms with Crippen LogP contribution in [-0.4, -0.2) is 46.8 Å². The highest BCUT2D eigenvalue weighted by Crippen LogP contribution is 2.69. The van der Waals surface area contributed by atoms with Gasteiger partial charge in [-0.25, -0.2) is 0 Å². The Labute approximate surface area is 205 Å². The maximum Gasteiger partial charge on any atom is 0.292 e. The lowest BCUT2D eigenvalue weighted by atomic mass is 9.40. The van der Waals surface area contributed by atoms with Crippen molar-refractivity contribution in [2.45, 2.75) is 52.4 Å². The zero-order valence-electron chi connectivity index (χ0n) is 20.1. The Bertz CT molecular complexity index is 1170. The maximum atomic E-state index is 13.9. The number of anilines is 1. The first kappa shape index (κ1) is 22.1. The third kappa shape index (κ3) is 3.48. The van der Waals surface area contributed by atoms with Crippen LogP contribution in [-0.2, 0) is 4.79 Å². The van der Waals surface area contributed by atoms with E-state index in [0.717, 1.165) is 19.3 Å². The highest BCUT2D eigenvalue weighted by atomic mass is 35.5. The molecule has 180 valence electrons.